The standard InChI is InChI=1S/C18H20N4O4/c1-11-7-13(3-4-15(11)26-16-10-19-5-6-20-16)21-18(24)22-17(23)12-8-14(9-12)25-2/h3-7,10,12,14H,8-9H2,1-2H3,(H2,21,22,23,24). The number of anilines is 1. The molecular weight excluding hydrogens is 336 g/mol. The van der Waals surface area contributed by atoms with Crippen LogP contribution in [0.3, 0.4) is 0 Å². The van der Waals surface area contributed by atoms with Crippen LogP contribution in [0.15, 0.2) is 36.8 Å². The first-order valence-electron chi connectivity index (χ1n) is 8.24. The van der Waals surface area contributed by atoms with Crippen molar-refractivity contribution in [3.8, 4) is 11.6 Å². The number of hydrogen-bond donors (Lipinski definition) is 2. The number of imide groups is 1. The van der Waals surface area contributed by atoms with Crippen molar-refractivity contribution in [1.29, 1.82) is 0 Å². The van der Waals surface area contributed by atoms with Gasteiger partial charge in [0.2, 0.25) is 11.8 Å². The van der Waals surface area contributed by atoms with Crippen LogP contribution in [-0.2, 0) is 9.53 Å². The molecule has 2 N–H and O–H groups in total. The molecule has 26 heavy (non-hydrogen) atoms. The van der Waals surface area contributed by atoms with Crippen LogP contribution in [0.25, 0.3) is 0 Å². The SMILES string of the molecule is COC1CC(C(=O)NC(=O)Nc2ccc(Oc3cnccn3)c(C)c2)C1. The van der Waals surface area contributed by atoms with Crippen molar-refractivity contribution in [2.45, 2.75) is 25.9 Å². The maximum absolute atomic E-state index is 12.0. The van der Waals surface area contributed by atoms with Gasteiger partial charge >= 0.3 is 6.03 Å². The van der Waals surface area contributed by atoms with Crippen molar-refractivity contribution in [1.82, 2.24) is 15.3 Å². The second kappa shape index (κ2) is 7.92. The van der Waals surface area contributed by atoms with Gasteiger partial charge in [0.1, 0.15) is 5.75 Å². The number of nitrogens with zero attached hydrogens (tertiary/aromatic N) is 2. The van der Waals surface area contributed by atoms with Crippen molar-refractivity contribution in [3.63, 3.8) is 0 Å². The summed E-state index contributed by atoms with van der Waals surface area (Å²) in [5, 5.41) is 5.00. The molecule has 0 bridgehead atoms. The van der Waals surface area contributed by atoms with Crippen LogP contribution in [0.5, 0.6) is 11.6 Å². The summed E-state index contributed by atoms with van der Waals surface area (Å²) in [5.74, 6) is 0.535. The molecule has 1 saturated carbocycles. The highest BCUT2D eigenvalue weighted by molar-refractivity contribution is 6.02. The number of amides is 3. The maximum Gasteiger partial charge on any atom is 0.325 e. The number of aryl methyl sites for hydroxylation is 1. The Morgan fingerprint density at radius 1 is 1.23 bits per heavy atom. The highest BCUT2D eigenvalue weighted by Crippen LogP contribution is 2.29. The van der Waals surface area contributed by atoms with Gasteiger partial charge in [-0.25, -0.2) is 9.78 Å². The molecule has 1 heterocycles. The van der Waals surface area contributed by atoms with Gasteiger partial charge < -0.3 is 14.8 Å². The zero-order valence-corrected chi connectivity index (χ0v) is 14.6. The van der Waals surface area contributed by atoms with Gasteiger partial charge in [-0.3, -0.25) is 15.1 Å². The predicted octanol–water partition coefficient (Wildman–Crippen LogP) is 2.65. The molecule has 1 aliphatic carbocycles. The number of benzene rings is 1. The van der Waals surface area contributed by atoms with Crippen LogP contribution < -0.4 is 15.4 Å². The summed E-state index contributed by atoms with van der Waals surface area (Å²) in [5.41, 5.74) is 1.37. The van der Waals surface area contributed by atoms with Crippen molar-refractivity contribution < 1.29 is 19.1 Å². The lowest BCUT2D eigenvalue weighted by Crippen LogP contribution is -2.45. The number of carbonyl (C=O) groups is 2. The number of methoxy groups -OCH3 is 1. The highest BCUT2D eigenvalue weighted by atomic mass is 16.5. The average molecular weight is 356 g/mol. The fourth-order valence-electron chi connectivity index (χ4n) is 2.64. The molecule has 1 aromatic carbocycles. The van der Waals surface area contributed by atoms with Crippen LogP contribution in [0.4, 0.5) is 10.5 Å². The molecule has 0 unspecified atom stereocenters. The third kappa shape index (κ3) is 4.34. The van der Waals surface area contributed by atoms with Crippen molar-refractivity contribution in [2.75, 3.05) is 12.4 Å². The summed E-state index contributed by atoms with van der Waals surface area (Å²) in [4.78, 5) is 31.9. The molecule has 1 aromatic heterocycles. The summed E-state index contributed by atoms with van der Waals surface area (Å²) in [6, 6.07) is 4.60. The van der Waals surface area contributed by atoms with Crippen LogP contribution in [0, 0.1) is 12.8 Å². The quantitative estimate of drug-likeness (QED) is 0.854. The summed E-state index contributed by atoms with van der Waals surface area (Å²) in [6.45, 7) is 1.85. The van der Waals surface area contributed by atoms with Crippen LogP contribution in [0.2, 0.25) is 0 Å². The van der Waals surface area contributed by atoms with Crippen molar-refractivity contribution >= 4 is 17.6 Å². The number of urea groups is 1. The number of nitrogens with one attached hydrogen (secondary N) is 2. The fourth-order valence-corrected chi connectivity index (χ4v) is 2.64. The van der Waals surface area contributed by atoms with Crippen LogP contribution in [0.1, 0.15) is 18.4 Å². The second-order valence-electron chi connectivity index (χ2n) is 6.10. The van der Waals surface area contributed by atoms with E-state index in [1.54, 1.807) is 37.7 Å². The van der Waals surface area contributed by atoms with Gasteiger partial charge in [0.05, 0.1) is 12.3 Å². The first-order chi connectivity index (χ1) is 12.5. The van der Waals surface area contributed by atoms with E-state index in [9.17, 15) is 9.59 Å². The van der Waals surface area contributed by atoms with Crippen LogP contribution in [-0.4, -0.2) is 35.1 Å². The molecule has 0 atom stereocenters. The molecule has 0 aliphatic heterocycles. The van der Waals surface area contributed by atoms with Gasteiger partial charge in [-0.1, -0.05) is 0 Å². The molecule has 1 fully saturated rings. The minimum atomic E-state index is -0.558. The third-order valence-corrected chi connectivity index (χ3v) is 4.22. The summed E-state index contributed by atoms with van der Waals surface area (Å²) in [6.07, 6.45) is 6.01. The Hall–Kier alpha value is -3.00. The minimum absolute atomic E-state index is 0.110. The molecule has 136 valence electrons. The predicted molar refractivity (Wildman–Crippen MR) is 94.0 cm³/mol. The van der Waals surface area contributed by atoms with E-state index in [0.29, 0.717) is 30.2 Å². The molecule has 2 aromatic rings. The number of rotatable bonds is 5. The molecule has 8 nitrogen and oxygen atoms in total. The highest BCUT2D eigenvalue weighted by Gasteiger charge is 2.35. The Kier molecular flexibility index (Phi) is 5.43. The number of aromatic nitrogens is 2. The first-order valence-corrected chi connectivity index (χ1v) is 8.24. The molecular formula is C18H20N4O4. The molecule has 8 heteroatoms. The average Bonchev–Trinajstić information content (AvgIpc) is 2.57. The Balaban J connectivity index is 1.54. The molecule has 3 amide bonds. The normalized spacial score (nSPS) is 18.5. The Labute approximate surface area is 150 Å². The van der Waals surface area contributed by atoms with E-state index in [1.165, 1.54) is 6.20 Å². The summed E-state index contributed by atoms with van der Waals surface area (Å²) < 4.78 is 10.8. The molecule has 3 rings (SSSR count). The van der Waals surface area contributed by atoms with Gasteiger partial charge in [0.25, 0.3) is 0 Å². The lowest BCUT2D eigenvalue weighted by molar-refractivity contribution is -0.131. The lowest BCUT2D eigenvalue weighted by atomic mass is 9.81. The van der Waals surface area contributed by atoms with Crippen molar-refractivity contribution in [2.24, 2.45) is 5.92 Å². The van der Waals surface area contributed by atoms with Gasteiger partial charge in [-0.15, -0.1) is 0 Å². The second-order valence-corrected chi connectivity index (χ2v) is 6.10. The summed E-state index contributed by atoms with van der Waals surface area (Å²) >= 11 is 0. The Bertz CT molecular complexity index is 791. The number of ether oxygens (including phenoxy) is 2. The van der Waals surface area contributed by atoms with Crippen LogP contribution >= 0.6 is 0 Å². The van der Waals surface area contributed by atoms with E-state index < -0.39 is 6.03 Å². The van der Waals surface area contributed by atoms with Gasteiger partial charge in [0, 0.05) is 31.1 Å². The fraction of sp³-hybridized carbons (Fsp3) is 0.333. The number of carbonyl (C=O) groups excluding carboxylic acids is 2. The first kappa shape index (κ1) is 17.8. The monoisotopic (exact) mass is 356 g/mol. The summed E-state index contributed by atoms with van der Waals surface area (Å²) in [7, 11) is 1.62. The molecule has 0 saturated heterocycles. The Morgan fingerprint density at radius 2 is 2.04 bits per heavy atom. The maximum atomic E-state index is 12.0. The van der Waals surface area contributed by atoms with E-state index in [2.05, 4.69) is 20.6 Å². The molecule has 1 aliphatic rings. The number of hydrogen-bond acceptors (Lipinski definition) is 6. The Morgan fingerprint density at radius 3 is 2.69 bits per heavy atom. The largest absolute Gasteiger partial charge is 0.437 e. The topological polar surface area (TPSA) is 102 Å². The zero-order valence-electron chi connectivity index (χ0n) is 14.6. The smallest absolute Gasteiger partial charge is 0.325 e. The van der Waals surface area contributed by atoms with E-state index >= 15 is 0 Å². The lowest BCUT2D eigenvalue weighted by Gasteiger charge is -2.32. The van der Waals surface area contributed by atoms with E-state index in [4.69, 9.17) is 9.47 Å². The van der Waals surface area contributed by atoms with E-state index in [-0.39, 0.29) is 17.9 Å². The van der Waals surface area contributed by atoms with Gasteiger partial charge in [-0.05, 0) is 43.5 Å². The third-order valence-electron chi connectivity index (χ3n) is 4.22. The molecule has 0 spiro atoms. The van der Waals surface area contributed by atoms with E-state index in [0.717, 1.165) is 5.56 Å². The zero-order chi connectivity index (χ0) is 18.5. The molecule has 0 radical (unpaired) electrons. The van der Waals surface area contributed by atoms with Gasteiger partial charge in [0.15, 0.2) is 0 Å². The van der Waals surface area contributed by atoms with Crippen molar-refractivity contribution in [3.05, 3.63) is 42.4 Å². The minimum Gasteiger partial charge on any atom is -0.437 e. The van der Waals surface area contributed by atoms with E-state index in [1.807, 2.05) is 6.92 Å². The van der Waals surface area contributed by atoms with Gasteiger partial charge in [-0.2, -0.15) is 0 Å².